The van der Waals surface area contributed by atoms with Gasteiger partial charge in [0.1, 0.15) is 17.0 Å². The van der Waals surface area contributed by atoms with E-state index in [1.165, 1.54) is 6.07 Å². The number of furan rings is 1. The monoisotopic (exact) mass is 344 g/mol. The van der Waals surface area contributed by atoms with Crippen LogP contribution in [0.4, 0.5) is 4.39 Å². The Hall–Kier alpha value is -2.78. The molecule has 0 fully saturated rings. The Kier molecular flexibility index (Phi) is 3.28. The van der Waals surface area contributed by atoms with Crippen molar-refractivity contribution in [3.8, 4) is 0 Å². The van der Waals surface area contributed by atoms with Crippen LogP contribution in [0.3, 0.4) is 0 Å². The molecule has 5 aromatic rings. The average Bonchev–Trinajstić information content (AvgIpc) is 3.00. The van der Waals surface area contributed by atoms with Gasteiger partial charge < -0.3 is 4.42 Å². The molecule has 0 saturated carbocycles. The molecule has 0 amide bonds. The molecule has 120 valence electrons. The molecule has 0 spiro atoms. The maximum Gasteiger partial charge on any atom is 0.137 e. The van der Waals surface area contributed by atoms with E-state index in [9.17, 15) is 4.39 Å². The Morgan fingerprint density at radius 1 is 0.720 bits per heavy atom. The molecule has 1 nitrogen and oxygen atoms in total. The number of benzene rings is 4. The Balaban J connectivity index is 1.92. The van der Waals surface area contributed by atoms with Crippen molar-refractivity contribution in [3.63, 3.8) is 0 Å². The zero-order valence-electron chi connectivity index (χ0n) is 13.2. The second-order valence-electron chi connectivity index (χ2n) is 5.96. The largest absolute Gasteiger partial charge is 0.456 e. The Labute approximate surface area is 148 Å². The van der Waals surface area contributed by atoms with E-state index in [1.807, 2.05) is 36.4 Å². The summed E-state index contributed by atoms with van der Waals surface area (Å²) in [7, 11) is 0. The minimum atomic E-state index is -0.251. The molecule has 0 aliphatic carbocycles. The van der Waals surface area contributed by atoms with E-state index in [-0.39, 0.29) is 5.82 Å². The fourth-order valence-corrected chi connectivity index (χ4v) is 4.38. The summed E-state index contributed by atoms with van der Waals surface area (Å²) in [5.41, 5.74) is 1.50. The fraction of sp³-hybridized carbons (Fsp3) is 0. The van der Waals surface area contributed by atoms with Crippen molar-refractivity contribution in [1.29, 1.82) is 0 Å². The van der Waals surface area contributed by atoms with E-state index in [0.717, 1.165) is 36.9 Å². The van der Waals surface area contributed by atoms with E-state index in [4.69, 9.17) is 4.42 Å². The predicted molar refractivity (Wildman–Crippen MR) is 102 cm³/mol. The first-order valence-electron chi connectivity index (χ1n) is 8.06. The van der Waals surface area contributed by atoms with Gasteiger partial charge in [0.15, 0.2) is 0 Å². The highest BCUT2D eigenvalue weighted by molar-refractivity contribution is 7.99. The molecular weight excluding hydrogens is 331 g/mol. The van der Waals surface area contributed by atoms with Gasteiger partial charge in [-0.1, -0.05) is 54.2 Å². The van der Waals surface area contributed by atoms with Crippen LogP contribution in [0.25, 0.3) is 32.7 Å². The highest BCUT2D eigenvalue weighted by Crippen LogP contribution is 2.43. The third-order valence-corrected chi connectivity index (χ3v) is 5.50. The van der Waals surface area contributed by atoms with E-state index in [1.54, 1.807) is 23.9 Å². The van der Waals surface area contributed by atoms with Gasteiger partial charge in [0.2, 0.25) is 0 Å². The zero-order valence-corrected chi connectivity index (χ0v) is 14.0. The molecule has 5 rings (SSSR count). The lowest BCUT2D eigenvalue weighted by Crippen LogP contribution is -1.81. The molecule has 0 aliphatic heterocycles. The lowest BCUT2D eigenvalue weighted by atomic mass is 10.1. The van der Waals surface area contributed by atoms with Crippen molar-refractivity contribution in [1.82, 2.24) is 0 Å². The van der Waals surface area contributed by atoms with Crippen LogP contribution in [0.15, 0.2) is 93.1 Å². The van der Waals surface area contributed by atoms with Gasteiger partial charge in [-0.2, -0.15) is 0 Å². The maximum atomic E-state index is 13.9. The van der Waals surface area contributed by atoms with Gasteiger partial charge in [-0.05, 0) is 47.2 Å². The van der Waals surface area contributed by atoms with Gasteiger partial charge in [-0.25, -0.2) is 4.39 Å². The molecule has 4 aromatic carbocycles. The molecule has 0 saturated heterocycles. The Morgan fingerprint density at radius 2 is 1.52 bits per heavy atom. The molecule has 0 bridgehead atoms. The predicted octanol–water partition coefficient (Wildman–Crippen LogP) is 7.03. The van der Waals surface area contributed by atoms with Crippen molar-refractivity contribution in [2.24, 2.45) is 0 Å². The highest BCUT2D eigenvalue weighted by atomic mass is 32.2. The van der Waals surface area contributed by atoms with Crippen molar-refractivity contribution in [3.05, 3.63) is 84.7 Å². The molecule has 3 heteroatoms. The Morgan fingerprint density at radius 3 is 2.40 bits per heavy atom. The van der Waals surface area contributed by atoms with Crippen molar-refractivity contribution in [2.45, 2.75) is 9.79 Å². The van der Waals surface area contributed by atoms with Gasteiger partial charge in [-0.15, -0.1) is 0 Å². The molecule has 0 radical (unpaired) electrons. The third-order valence-electron chi connectivity index (χ3n) is 4.36. The van der Waals surface area contributed by atoms with Gasteiger partial charge in [0, 0.05) is 20.6 Å². The molecule has 0 atom stereocenters. The SMILES string of the molecule is Fc1ccc2oc3cc4ccccc4c(Sc4ccccc4)c3c2c1. The number of hydrogen-bond acceptors (Lipinski definition) is 2. The first-order valence-corrected chi connectivity index (χ1v) is 8.88. The minimum absolute atomic E-state index is 0.251. The van der Waals surface area contributed by atoms with Crippen molar-refractivity contribution in [2.75, 3.05) is 0 Å². The summed E-state index contributed by atoms with van der Waals surface area (Å²) in [4.78, 5) is 2.24. The van der Waals surface area contributed by atoms with E-state index >= 15 is 0 Å². The van der Waals surface area contributed by atoms with Crippen LogP contribution in [0.5, 0.6) is 0 Å². The number of halogens is 1. The summed E-state index contributed by atoms with van der Waals surface area (Å²) in [5, 5.41) is 4.06. The van der Waals surface area contributed by atoms with Crippen molar-refractivity contribution >= 4 is 44.5 Å². The first-order chi connectivity index (χ1) is 12.3. The van der Waals surface area contributed by atoms with Crippen molar-refractivity contribution < 1.29 is 8.81 Å². The summed E-state index contributed by atoms with van der Waals surface area (Å²) in [6, 6.07) is 25.2. The van der Waals surface area contributed by atoms with Crippen LogP contribution < -0.4 is 0 Å². The standard InChI is InChI=1S/C22H13FOS/c23-15-10-11-19-18(13-15)21-20(24-19)12-14-6-4-5-9-17(14)22(21)25-16-7-2-1-3-8-16/h1-13H. The molecule has 1 aromatic heterocycles. The summed E-state index contributed by atoms with van der Waals surface area (Å²) >= 11 is 1.69. The quantitative estimate of drug-likeness (QED) is 0.341. The second kappa shape index (κ2) is 5.64. The lowest BCUT2D eigenvalue weighted by Gasteiger charge is -2.08. The second-order valence-corrected chi connectivity index (χ2v) is 7.04. The molecule has 0 unspecified atom stereocenters. The van der Waals surface area contributed by atoms with E-state index < -0.39 is 0 Å². The fourth-order valence-electron chi connectivity index (χ4n) is 3.24. The van der Waals surface area contributed by atoms with Crippen LogP contribution in [0, 0.1) is 5.82 Å². The third kappa shape index (κ3) is 2.39. The zero-order chi connectivity index (χ0) is 16.8. The van der Waals surface area contributed by atoms with Crippen LogP contribution in [0.2, 0.25) is 0 Å². The highest BCUT2D eigenvalue weighted by Gasteiger charge is 2.16. The molecular formula is C22H13FOS. The van der Waals surface area contributed by atoms with Crippen LogP contribution in [0.1, 0.15) is 0 Å². The summed E-state index contributed by atoms with van der Waals surface area (Å²) in [5.74, 6) is -0.251. The average molecular weight is 344 g/mol. The normalized spacial score (nSPS) is 11.6. The van der Waals surface area contributed by atoms with Gasteiger partial charge in [-0.3, -0.25) is 0 Å². The Bertz CT molecular complexity index is 1220. The van der Waals surface area contributed by atoms with Crippen LogP contribution in [-0.4, -0.2) is 0 Å². The maximum absolute atomic E-state index is 13.9. The van der Waals surface area contributed by atoms with Gasteiger partial charge >= 0.3 is 0 Å². The molecule has 25 heavy (non-hydrogen) atoms. The summed E-state index contributed by atoms with van der Waals surface area (Å²) in [6.45, 7) is 0. The summed E-state index contributed by atoms with van der Waals surface area (Å²) in [6.07, 6.45) is 0. The molecule has 1 heterocycles. The number of rotatable bonds is 2. The topological polar surface area (TPSA) is 13.1 Å². The summed E-state index contributed by atoms with van der Waals surface area (Å²) < 4.78 is 19.9. The number of fused-ring (bicyclic) bond motifs is 4. The first kappa shape index (κ1) is 14.6. The lowest BCUT2D eigenvalue weighted by molar-refractivity contribution is 0.626. The smallest absolute Gasteiger partial charge is 0.137 e. The van der Waals surface area contributed by atoms with E-state index in [0.29, 0.717) is 5.58 Å². The minimum Gasteiger partial charge on any atom is -0.456 e. The molecule has 0 aliphatic rings. The van der Waals surface area contributed by atoms with E-state index in [2.05, 4.69) is 24.3 Å². The number of hydrogen-bond donors (Lipinski definition) is 0. The van der Waals surface area contributed by atoms with Gasteiger partial charge in [0.05, 0.1) is 0 Å². The van der Waals surface area contributed by atoms with Gasteiger partial charge in [0.25, 0.3) is 0 Å². The molecule has 0 N–H and O–H groups in total. The van der Waals surface area contributed by atoms with Crippen LogP contribution in [-0.2, 0) is 0 Å². The van der Waals surface area contributed by atoms with Crippen LogP contribution >= 0.6 is 11.8 Å².